The molecule has 0 unspecified atom stereocenters. The molecule has 0 aliphatic carbocycles. The molecular formula is C10H11ClF2N2O. The fraction of sp³-hybridized carbons (Fsp3) is 0.300. The van der Waals surface area contributed by atoms with E-state index in [1.807, 2.05) is 0 Å². The Balaban J connectivity index is 2.64. The molecule has 0 saturated heterocycles. The summed E-state index contributed by atoms with van der Waals surface area (Å²) in [5, 5.41) is 2.87. The molecular weight excluding hydrogens is 238 g/mol. The van der Waals surface area contributed by atoms with Gasteiger partial charge in [0, 0.05) is 17.1 Å². The van der Waals surface area contributed by atoms with Gasteiger partial charge in [0.2, 0.25) is 5.91 Å². The van der Waals surface area contributed by atoms with Gasteiger partial charge in [-0.15, -0.1) is 0 Å². The number of halogens is 3. The van der Waals surface area contributed by atoms with Gasteiger partial charge >= 0.3 is 0 Å². The summed E-state index contributed by atoms with van der Waals surface area (Å²) in [5.74, 6) is -0.575. The maximum atomic E-state index is 11.9. The van der Waals surface area contributed by atoms with Crippen molar-refractivity contribution in [2.45, 2.75) is 13.0 Å². The van der Waals surface area contributed by atoms with Gasteiger partial charge in [-0.3, -0.25) is 4.79 Å². The van der Waals surface area contributed by atoms with Crippen LogP contribution in [0.4, 0.5) is 8.78 Å². The summed E-state index contributed by atoms with van der Waals surface area (Å²) >= 11 is 5.85. The zero-order valence-corrected chi connectivity index (χ0v) is 9.10. The second kappa shape index (κ2) is 5.77. The van der Waals surface area contributed by atoms with Crippen LogP contribution in [0.5, 0.6) is 0 Å². The van der Waals surface area contributed by atoms with Gasteiger partial charge in [0.15, 0.2) is 0 Å². The summed E-state index contributed by atoms with van der Waals surface area (Å²) in [6.07, 6.45) is -2.40. The van der Waals surface area contributed by atoms with E-state index >= 15 is 0 Å². The van der Waals surface area contributed by atoms with Gasteiger partial charge in [0.1, 0.15) is 0 Å². The number of rotatable bonds is 5. The molecule has 0 spiro atoms. The van der Waals surface area contributed by atoms with Crippen LogP contribution in [0.3, 0.4) is 0 Å². The van der Waals surface area contributed by atoms with E-state index in [9.17, 15) is 13.6 Å². The number of carbonyl (C=O) groups excluding carboxylic acids is 1. The zero-order valence-electron chi connectivity index (χ0n) is 8.34. The molecule has 1 aromatic rings. The van der Waals surface area contributed by atoms with Gasteiger partial charge in [0.05, 0.1) is 6.54 Å². The Labute approximate surface area is 96.6 Å². The summed E-state index contributed by atoms with van der Waals surface area (Å²) in [5.41, 5.74) is 6.00. The molecule has 88 valence electrons. The van der Waals surface area contributed by atoms with E-state index < -0.39 is 18.9 Å². The van der Waals surface area contributed by atoms with Gasteiger partial charge in [-0.1, -0.05) is 17.7 Å². The highest BCUT2D eigenvalue weighted by Crippen LogP contribution is 2.17. The van der Waals surface area contributed by atoms with Crippen LogP contribution >= 0.6 is 11.6 Å². The van der Waals surface area contributed by atoms with Crippen LogP contribution in [0.25, 0.3) is 0 Å². The highest BCUT2D eigenvalue weighted by Gasteiger charge is 2.06. The predicted octanol–water partition coefficient (Wildman–Crippen LogP) is 1.79. The smallest absolute Gasteiger partial charge is 0.250 e. The third-order valence-electron chi connectivity index (χ3n) is 1.95. The van der Waals surface area contributed by atoms with E-state index in [0.717, 1.165) is 0 Å². The maximum absolute atomic E-state index is 11.9. The minimum atomic E-state index is -2.40. The quantitative estimate of drug-likeness (QED) is 0.835. The highest BCUT2D eigenvalue weighted by molar-refractivity contribution is 6.31. The van der Waals surface area contributed by atoms with Crippen LogP contribution in [-0.2, 0) is 6.54 Å². The van der Waals surface area contributed by atoms with Crippen LogP contribution < -0.4 is 11.1 Å². The Kier molecular flexibility index (Phi) is 4.64. The third-order valence-corrected chi connectivity index (χ3v) is 2.30. The maximum Gasteiger partial charge on any atom is 0.250 e. The van der Waals surface area contributed by atoms with Crippen molar-refractivity contribution in [1.29, 1.82) is 0 Å². The highest BCUT2D eigenvalue weighted by atomic mass is 35.5. The number of nitrogens with one attached hydrogen (secondary N) is 1. The van der Waals surface area contributed by atoms with Crippen LogP contribution in [0, 0.1) is 0 Å². The molecule has 0 heterocycles. The first-order valence-corrected chi connectivity index (χ1v) is 4.95. The van der Waals surface area contributed by atoms with Crippen LogP contribution in [0.15, 0.2) is 18.2 Å². The molecule has 0 saturated carbocycles. The number of benzene rings is 1. The van der Waals surface area contributed by atoms with Crippen molar-refractivity contribution in [3.63, 3.8) is 0 Å². The topological polar surface area (TPSA) is 55.1 Å². The molecule has 0 atom stereocenters. The summed E-state index contributed by atoms with van der Waals surface area (Å²) in [6, 6.07) is 4.51. The lowest BCUT2D eigenvalue weighted by molar-refractivity contribution is 0.1000. The average molecular weight is 249 g/mol. The Morgan fingerprint density at radius 3 is 2.69 bits per heavy atom. The van der Waals surface area contributed by atoms with Gasteiger partial charge < -0.3 is 11.1 Å². The van der Waals surface area contributed by atoms with E-state index in [1.54, 1.807) is 6.07 Å². The minimum Gasteiger partial charge on any atom is -0.366 e. The van der Waals surface area contributed by atoms with E-state index in [-0.39, 0.29) is 6.54 Å². The summed E-state index contributed by atoms with van der Waals surface area (Å²) in [7, 11) is 0. The van der Waals surface area contributed by atoms with Crippen molar-refractivity contribution in [2.75, 3.05) is 6.54 Å². The SMILES string of the molecule is NC(=O)c1ccc(CNCC(F)F)c(Cl)c1. The number of alkyl halides is 2. The molecule has 0 fully saturated rings. The van der Waals surface area contributed by atoms with Crippen molar-refractivity contribution in [3.05, 3.63) is 34.3 Å². The first kappa shape index (κ1) is 12.9. The second-order valence-electron chi connectivity index (χ2n) is 3.19. The Morgan fingerprint density at radius 2 is 2.19 bits per heavy atom. The molecule has 0 radical (unpaired) electrons. The van der Waals surface area contributed by atoms with Gasteiger partial charge in [-0.2, -0.15) is 0 Å². The number of carbonyl (C=O) groups is 1. The molecule has 0 bridgehead atoms. The number of nitrogens with two attached hydrogens (primary N) is 1. The molecule has 1 aromatic carbocycles. The normalized spacial score (nSPS) is 10.8. The lowest BCUT2D eigenvalue weighted by Crippen LogP contribution is -2.21. The number of amides is 1. The van der Waals surface area contributed by atoms with Crippen molar-refractivity contribution in [1.82, 2.24) is 5.32 Å². The van der Waals surface area contributed by atoms with Gasteiger partial charge in [-0.25, -0.2) is 8.78 Å². The molecule has 1 rings (SSSR count). The first-order valence-electron chi connectivity index (χ1n) is 4.58. The number of hydrogen-bond acceptors (Lipinski definition) is 2. The molecule has 0 aliphatic rings. The molecule has 1 amide bonds. The van der Waals surface area contributed by atoms with Crippen molar-refractivity contribution in [2.24, 2.45) is 5.73 Å². The van der Waals surface area contributed by atoms with E-state index in [2.05, 4.69) is 5.32 Å². The standard InChI is InChI=1S/C10H11ClF2N2O/c11-8-3-6(10(14)16)1-2-7(8)4-15-5-9(12)13/h1-3,9,15H,4-5H2,(H2,14,16). The van der Waals surface area contributed by atoms with Crippen molar-refractivity contribution in [3.8, 4) is 0 Å². The second-order valence-corrected chi connectivity index (χ2v) is 3.60. The van der Waals surface area contributed by atoms with Crippen molar-refractivity contribution >= 4 is 17.5 Å². The number of primary amides is 1. The molecule has 3 nitrogen and oxygen atoms in total. The van der Waals surface area contributed by atoms with Gasteiger partial charge in [-0.05, 0) is 17.7 Å². The van der Waals surface area contributed by atoms with E-state index in [1.165, 1.54) is 12.1 Å². The zero-order chi connectivity index (χ0) is 12.1. The monoisotopic (exact) mass is 248 g/mol. The molecule has 0 aliphatic heterocycles. The first-order chi connectivity index (χ1) is 7.50. The largest absolute Gasteiger partial charge is 0.366 e. The summed E-state index contributed by atoms with van der Waals surface area (Å²) < 4.78 is 23.7. The summed E-state index contributed by atoms with van der Waals surface area (Å²) in [4.78, 5) is 10.8. The predicted molar refractivity (Wildman–Crippen MR) is 57.7 cm³/mol. The lowest BCUT2D eigenvalue weighted by atomic mass is 10.1. The van der Waals surface area contributed by atoms with E-state index in [4.69, 9.17) is 17.3 Å². The summed E-state index contributed by atoms with van der Waals surface area (Å²) in [6.45, 7) is -0.171. The molecule has 0 aromatic heterocycles. The Hall–Kier alpha value is -1.20. The molecule has 16 heavy (non-hydrogen) atoms. The fourth-order valence-electron chi connectivity index (χ4n) is 1.16. The fourth-order valence-corrected chi connectivity index (χ4v) is 1.41. The van der Waals surface area contributed by atoms with Gasteiger partial charge in [0.25, 0.3) is 6.43 Å². The van der Waals surface area contributed by atoms with Crippen LogP contribution in [0.2, 0.25) is 5.02 Å². The van der Waals surface area contributed by atoms with Crippen LogP contribution in [-0.4, -0.2) is 18.9 Å². The molecule has 6 heteroatoms. The Morgan fingerprint density at radius 1 is 1.50 bits per heavy atom. The Bertz CT molecular complexity index is 385. The minimum absolute atomic E-state index is 0.224. The lowest BCUT2D eigenvalue weighted by Gasteiger charge is -2.07. The third kappa shape index (κ3) is 3.75. The molecule has 3 N–H and O–H groups in total. The van der Waals surface area contributed by atoms with Crippen LogP contribution in [0.1, 0.15) is 15.9 Å². The van der Waals surface area contributed by atoms with E-state index in [0.29, 0.717) is 16.1 Å². The number of hydrogen-bond donors (Lipinski definition) is 2. The average Bonchev–Trinajstić information content (AvgIpc) is 2.19. The van der Waals surface area contributed by atoms with Crippen molar-refractivity contribution < 1.29 is 13.6 Å².